The number of ether oxygens (including phenoxy) is 1. The normalized spacial score (nSPS) is 10.5. The van der Waals surface area contributed by atoms with Crippen LogP contribution in [0, 0.1) is 5.82 Å². The Kier molecular flexibility index (Phi) is 7.25. The molecular formula is C14H20BrFO. The molecule has 0 atom stereocenters. The topological polar surface area (TPSA) is 9.23 Å². The Morgan fingerprint density at radius 2 is 1.94 bits per heavy atom. The van der Waals surface area contributed by atoms with Crippen molar-refractivity contribution in [1.29, 1.82) is 0 Å². The Morgan fingerprint density at radius 1 is 1.18 bits per heavy atom. The molecule has 17 heavy (non-hydrogen) atoms. The summed E-state index contributed by atoms with van der Waals surface area (Å²) in [6, 6.07) is 4.66. The molecule has 1 rings (SSSR count). The van der Waals surface area contributed by atoms with Gasteiger partial charge in [0.25, 0.3) is 0 Å². The second kappa shape index (κ2) is 8.51. The zero-order valence-electron chi connectivity index (χ0n) is 10.3. The van der Waals surface area contributed by atoms with Crippen molar-refractivity contribution in [3.63, 3.8) is 0 Å². The van der Waals surface area contributed by atoms with Gasteiger partial charge in [0.15, 0.2) is 0 Å². The fraction of sp³-hybridized carbons (Fsp3) is 0.571. The van der Waals surface area contributed by atoms with E-state index in [2.05, 4.69) is 22.9 Å². The maximum atomic E-state index is 13.0. The third kappa shape index (κ3) is 5.53. The molecule has 0 bridgehead atoms. The molecule has 0 aromatic heterocycles. The van der Waals surface area contributed by atoms with Crippen LogP contribution in [-0.4, -0.2) is 6.61 Å². The molecule has 0 saturated carbocycles. The Labute approximate surface area is 111 Å². The SMILES string of the molecule is CCCCCCCOc1ccc(F)cc1CBr. The van der Waals surface area contributed by atoms with Crippen LogP contribution in [0.2, 0.25) is 0 Å². The van der Waals surface area contributed by atoms with Crippen molar-refractivity contribution in [2.45, 2.75) is 44.4 Å². The lowest BCUT2D eigenvalue weighted by Crippen LogP contribution is -2.00. The molecule has 0 aliphatic heterocycles. The fourth-order valence-electron chi connectivity index (χ4n) is 1.68. The average molecular weight is 303 g/mol. The molecule has 3 heteroatoms. The summed E-state index contributed by atoms with van der Waals surface area (Å²) in [5, 5.41) is 0.621. The van der Waals surface area contributed by atoms with Crippen LogP contribution in [0.5, 0.6) is 5.75 Å². The van der Waals surface area contributed by atoms with E-state index >= 15 is 0 Å². The zero-order chi connectivity index (χ0) is 12.5. The second-order valence-corrected chi connectivity index (χ2v) is 4.71. The van der Waals surface area contributed by atoms with Crippen LogP contribution in [0.4, 0.5) is 4.39 Å². The summed E-state index contributed by atoms with van der Waals surface area (Å²) in [5.41, 5.74) is 0.874. The van der Waals surface area contributed by atoms with Crippen molar-refractivity contribution < 1.29 is 9.13 Å². The fourth-order valence-corrected chi connectivity index (χ4v) is 2.12. The first-order valence-electron chi connectivity index (χ1n) is 6.25. The quantitative estimate of drug-likeness (QED) is 0.481. The monoisotopic (exact) mass is 302 g/mol. The lowest BCUT2D eigenvalue weighted by molar-refractivity contribution is 0.302. The van der Waals surface area contributed by atoms with Gasteiger partial charge >= 0.3 is 0 Å². The van der Waals surface area contributed by atoms with E-state index in [-0.39, 0.29) is 5.82 Å². The molecule has 1 aromatic carbocycles. The van der Waals surface area contributed by atoms with Crippen LogP contribution >= 0.6 is 15.9 Å². The Hall–Kier alpha value is -0.570. The van der Waals surface area contributed by atoms with Crippen LogP contribution in [0.15, 0.2) is 18.2 Å². The number of rotatable bonds is 8. The summed E-state index contributed by atoms with van der Waals surface area (Å²) in [5.74, 6) is 0.577. The van der Waals surface area contributed by atoms with E-state index in [1.807, 2.05) is 0 Å². The summed E-state index contributed by atoms with van der Waals surface area (Å²) in [6.07, 6.45) is 6.10. The van der Waals surface area contributed by atoms with Crippen molar-refractivity contribution >= 4 is 15.9 Å². The van der Waals surface area contributed by atoms with Crippen molar-refractivity contribution in [3.8, 4) is 5.75 Å². The molecule has 96 valence electrons. The third-order valence-corrected chi connectivity index (χ3v) is 3.28. The van der Waals surface area contributed by atoms with Crippen LogP contribution in [0.3, 0.4) is 0 Å². The average Bonchev–Trinajstić information content (AvgIpc) is 2.35. The van der Waals surface area contributed by atoms with Gasteiger partial charge in [0.2, 0.25) is 0 Å². The lowest BCUT2D eigenvalue weighted by atomic mass is 10.2. The molecule has 0 aliphatic carbocycles. The predicted octanol–water partition coefficient (Wildman–Crippen LogP) is 5.07. The highest BCUT2D eigenvalue weighted by atomic mass is 79.9. The van der Waals surface area contributed by atoms with E-state index in [0.29, 0.717) is 5.33 Å². The van der Waals surface area contributed by atoms with E-state index in [1.165, 1.54) is 37.8 Å². The number of unbranched alkanes of at least 4 members (excludes halogenated alkanes) is 4. The van der Waals surface area contributed by atoms with Gasteiger partial charge in [-0.05, 0) is 24.6 Å². The smallest absolute Gasteiger partial charge is 0.123 e. The van der Waals surface area contributed by atoms with Gasteiger partial charge in [0, 0.05) is 10.9 Å². The number of halogens is 2. The van der Waals surface area contributed by atoms with Crippen molar-refractivity contribution in [1.82, 2.24) is 0 Å². The highest BCUT2D eigenvalue weighted by molar-refractivity contribution is 9.08. The lowest BCUT2D eigenvalue weighted by Gasteiger charge is -2.09. The van der Waals surface area contributed by atoms with Gasteiger partial charge in [-0.2, -0.15) is 0 Å². The van der Waals surface area contributed by atoms with E-state index in [1.54, 1.807) is 6.07 Å². The molecule has 0 saturated heterocycles. The molecule has 1 nitrogen and oxygen atoms in total. The van der Waals surface area contributed by atoms with Crippen LogP contribution in [0.1, 0.15) is 44.6 Å². The molecular weight excluding hydrogens is 283 g/mol. The third-order valence-electron chi connectivity index (χ3n) is 2.67. The van der Waals surface area contributed by atoms with Crippen molar-refractivity contribution in [2.75, 3.05) is 6.61 Å². The number of alkyl halides is 1. The summed E-state index contributed by atoms with van der Waals surface area (Å²) < 4.78 is 18.7. The van der Waals surface area contributed by atoms with Gasteiger partial charge in [0.05, 0.1) is 6.61 Å². The summed E-state index contributed by atoms with van der Waals surface area (Å²) >= 11 is 3.34. The van der Waals surface area contributed by atoms with Gasteiger partial charge in [-0.3, -0.25) is 0 Å². The molecule has 0 fully saturated rings. The van der Waals surface area contributed by atoms with E-state index < -0.39 is 0 Å². The van der Waals surface area contributed by atoms with Crippen molar-refractivity contribution in [3.05, 3.63) is 29.6 Å². The minimum Gasteiger partial charge on any atom is -0.493 e. The van der Waals surface area contributed by atoms with Gasteiger partial charge in [-0.1, -0.05) is 48.5 Å². The standard InChI is InChI=1S/C14H20BrFO/c1-2-3-4-5-6-9-17-14-8-7-13(16)10-12(14)11-15/h7-8,10H,2-6,9,11H2,1H3. The highest BCUT2D eigenvalue weighted by Gasteiger charge is 2.03. The summed E-state index contributed by atoms with van der Waals surface area (Å²) in [7, 11) is 0. The van der Waals surface area contributed by atoms with Gasteiger partial charge in [0.1, 0.15) is 11.6 Å². The molecule has 1 aromatic rings. The van der Waals surface area contributed by atoms with E-state index in [4.69, 9.17) is 4.74 Å². The van der Waals surface area contributed by atoms with E-state index in [9.17, 15) is 4.39 Å². The first kappa shape index (κ1) is 14.5. The molecule has 0 N–H and O–H groups in total. The largest absolute Gasteiger partial charge is 0.493 e. The minimum absolute atomic E-state index is 0.213. The van der Waals surface area contributed by atoms with Gasteiger partial charge in [-0.25, -0.2) is 4.39 Å². The molecule has 0 amide bonds. The first-order chi connectivity index (χ1) is 8.27. The maximum absolute atomic E-state index is 13.0. The summed E-state index contributed by atoms with van der Waals surface area (Å²) in [4.78, 5) is 0. The Balaban J connectivity index is 2.31. The second-order valence-electron chi connectivity index (χ2n) is 4.15. The van der Waals surface area contributed by atoms with Crippen LogP contribution in [0.25, 0.3) is 0 Å². The zero-order valence-corrected chi connectivity index (χ0v) is 11.9. The van der Waals surface area contributed by atoms with Gasteiger partial charge in [-0.15, -0.1) is 0 Å². The van der Waals surface area contributed by atoms with E-state index in [0.717, 1.165) is 24.3 Å². The van der Waals surface area contributed by atoms with Crippen LogP contribution < -0.4 is 4.74 Å². The number of hydrogen-bond acceptors (Lipinski definition) is 1. The first-order valence-corrected chi connectivity index (χ1v) is 7.37. The van der Waals surface area contributed by atoms with Gasteiger partial charge < -0.3 is 4.74 Å². The number of hydrogen-bond donors (Lipinski definition) is 0. The molecule has 0 radical (unpaired) electrons. The summed E-state index contributed by atoms with van der Waals surface area (Å²) in [6.45, 7) is 2.92. The Bertz CT molecular complexity index is 328. The van der Waals surface area contributed by atoms with Crippen LogP contribution in [-0.2, 0) is 5.33 Å². The van der Waals surface area contributed by atoms with Crippen molar-refractivity contribution in [2.24, 2.45) is 0 Å². The number of benzene rings is 1. The maximum Gasteiger partial charge on any atom is 0.123 e. The molecule has 0 aliphatic rings. The molecule has 0 unspecified atom stereocenters. The predicted molar refractivity (Wildman–Crippen MR) is 73.3 cm³/mol. The highest BCUT2D eigenvalue weighted by Crippen LogP contribution is 2.22. The molecule has 0 spiro atoms. The minimum atomic E-state index is -0.213. The Morgan fingerprint density at radius 3 is 2.65 bits per heavy atom. The molecule has 0 heterocycles.